The molecule has 0 fully saturated rings. The third kappa shape index (κ3) is 3.96. The zero-order valence-electron chi connectivity index (χ0n) is 13.5. The summed E-state index contributed by atoms with van der Waals surface area (Å²) in [4.78, 5) is 35.9. The van der Waals surface area contributed by atoms with Crippen LogP contribution in [0.25, 0.3) is 0 Å². The fourth-order valence-corrected chi connectivity index (χ4v) is 2.31. The molecule has 2 N–H and O–H groups in total. The van der Waals surface area contributed by atoms with Crippen molar-refractivity contribution >= 4 is 11.9 Å². The standard InChI is InChI=1S/C16H24N2O4/c1-5-10(3)13(16(21)22)17-14(19)12(6-2)18-9-7-8-11(4)15(18)20/h7-10,12-13H,5-6H2,1-4H3,(H,17,19)(H,21,22). The molecule has 0 aliphatic heterocycles. The van der Waals surface area contributed by atoms with E-state index in [0.29, 0.717) is 18.4 Å². The van der Waals surface area contributed by atoms with Gasteiger partial charge >= 0.3 is 5.97 Å². The van der Waals surface area contributed by atoms with Gasteiger partial charge in [-0.15, -0.1) is 0 Å². The number of carbonyl (C=O) groups is 2. The fourth-order valence-electron chi connectivity index (χ4n) is 2.31. The Morgan fingerprint density at radius 2 is 1.95 bits per heavy atom. The number of aryl methyl sites for hydroxylation is 1. The lowest BCUT2D eigenvalue weighted by molar-refractivity contribution is -0.143. The number of carboxylic acid groups (broad SMARTS) is 1. The van der Waals surface area contributed by atoms with Crippen LogP contribution in [0.5, 0.6) is 0 Å². The van der Waals surface area contributed by atoms with Crippen LogP contribution in [0.2, 0.25) is 0 Å². The lowest BCUT2D eigenvalue weighted by Crippen LogP contribution is -2.48. The van der Waals surface area contributed by atoms with E-state index in [1.54, 1.807) is 39.1 Å². The molecule has 3 unspecified atom stereocenters. The molecule has 1 heterocycles. The average Bonchev–Trinajstić information content (AvgIpc) is 2.48. The quantitative estimate of drug-likeness (QED) is 0.803. The molecule has 22 heavy (non-hydrogen) atoms. The summed E-state index contributed by atoms with van der Waals surface area (Å²) >= 11 is 0. The normalized spacial score (nSPS) is 14.9. The van der Waals surface area contributed by atoms with E-state index >= 15 is 0 Å². The number of pyridine rings is 1. The van der Waals surface area contributed by atoms with Gasteiger partial charge in [0.15, 0.2) is 0 Å². The predicted octanol–water partition coefficient (Wildman–Crippen LogP) is 1.72. The van der Waals surface area contributed by atoms with E-state index in [1.807, 2.05) is 6.92 Å². The zero-order valence-corrected chi connectivity index (χ0v) is 13.5. The van der Waals surface area contributed by atoms with Crippen LogP contribution >= 0.6 is 0 Å². The van der Waals surface area contributed by atoms with Crippen LogP contribution in [0.15, 0.2) is 23.1 Å². The summed E-state index contributed by atoms with van der Waals surface area (Å²) in [5.41, 5.74) is 0.311. The van der Waals surface area contributed by atoms with Crippen LogP contribution in [0.4, 0.5) is 0 Å². The van der Waals surface area contributed by atoms with Gasteiger partial charge in [-0.25, -0.2) is 4.79 Å². The molecule has 1 amide bonds. The van der Waals surface area contributed by atoms with Gasteiger partial charge in [0.1, 0.15) is 12.1 Å². The zero-order chi connectivity index (χ0) is 16.9. The molecule has 0 aliphatic rings. The highest BCUT2D eigenvalue weighted by Crippen LogP contribution is 2.13. The number of nitrogens with one attached hydrogen (secondary N) is 1. The van der Waals surface area contributed by atoms with Gasteiger partial charge < -0.3 is 15.0 Å². The molecule has 0 saturated heterocycles. The highest BCUT2D eigenvalue weighted by atomic mass is 16.4. The van der Waals surface area contributed by atoms with Crippen LogP contribution in [0.3, 0.4) is 0 Å². The van der Waals surface area contributed by atoms with E-state index in [2.05, 4.69) is 5.32 Å². The smallest absolute Gasteiger partial charge is 0.326 e. The summed E-state index contributed by atoms with van der Waals surface area (Å²) in [6, 6.07) is 1.73. The van der Waals surface area contributed by atoms with Crippen molar-refractivity contribution in [1.29, 1.82) is 0 Å². The second-order valence-corrected chi connectivity index (χ2v) is 5.54. The summed E-state index contributed by atoms with van der Waals surface area (Å²) in [7, 11) is 0. The number of aliphatic carboxylic acids is 1. The van der Waals surface area contributed by atoms with Gasteiger partial charge in [0.05, 0.1) is 0 Å². The van der Waals surface area contributed by atoms with Crippen molar-refractivity contribution in [2.24, 2.45) is 5.92 Å². The van der Waals surface area contributed by atoms with Crippen LogP contribution in [0.1, 0.15) is 45.2 Å². The summed E-state index contributed by atoms with van der Waals surface area (Å²) in [6.45, 7) is 7.12. The number of hydrogen-bond acceptors (Lipinski definition) is 3. The number of amides is 1. The Morgan fingerprint density at radius 1 is 1.32 bits per heavy atom. The molecule has 0 aliphatic carbocycles. The topological polar surface area (TPSA) is 88.4 Å². The molecule has 0 aromatic carbocycles. The molecular weight excluding hydrogens is 284 g/mol. The first-order valence-corrected chi connectivity index (χ1v) is 7.54. The third-order valence-electron chi connectivity index (χ3n) is 3.97. The Morgan fingerprint density at radius 3 is 2.45 bits per heavy atom. The number of carboxylic acids is 1. The Balaban J connectivity index is 3.04. The molecule has 1 rings (SSSR count). The van der Waals surface area contributed by atoms with E-state index in [0.717, 1.165) is 0 Å². The van der Waals surface area contributed by atoms with Crippen molar-refractivity contribution in [3.8, 4) is 0 Å². The fraction of sp³-hybridized carbons (Fsp3) is 0.562. The molecule has 0 radical (unpaired) electrons. The summed E-state index contributed by atoms with van der Waals surface area (Å²) in [6.07, 6.45) is 2.60. The third-order valence-corrected chi connectivity index (χ3v) is 3.97. The van der Waals surface area contributed by atoms with Gasteiger partial charge in [0, 0.05) is 11.8 Å². The maximum atomic E-state index is 12.4. The Kier molecular flexibility index (Phi) is 6.34. The minimum Gasteiger partial charge on any atom is -0.480 e. The second kappa shape index (κ2) is 7.77. The largest absolute Gasteiger partial charge is 0.480 e. The Bertz CT molecular complexity index is 594. The lowest BCUT2D eigenvalue weighted by Gasteiger charge is -2.24. The number of rotatable bonds is 7. The van der Waals surface area contributed by atoms with Gasteiger partial charge in [0.25, 0.3) is 5.56 Å². The second-order valence-electron chi connectivity index (χ2n) is 5.54. The molecule has 1 aromatic rings. The molecule has 0 spiro atoms. The van der Waals surface area contributed by atoms with Crippen molar-refractivity contribution in [3.05, 3.63) is 34.2 Å². The average molecular weight is 308 g/mol. The first kappa shape index (κ1) is 17.9. The minimum absolute atomic E-state index is 0.187. The number of aromatic nitrogens is 1. The summed E-state index contributed by atoms with van der Waals surface area (Å²) in [5.74, 6) is -1.69. The predicted molar refractivity (Wildman–Crippen MR) is 83.8 cm³/mol. The number of hydrogen-bond donors (Lipinski definition) is 2. The maximum Gasteiger partial charge on any atom is 0.326 e. The summed E-state index contributed by atoms with van der Waals surface area (Å²) in [5, 5.41) is 11.8. The maximum absolute atomic E-state index is 12.4. The van der Waals surface area contributed by atoms with E-state index in [4.69, 9.17) is 0 Å². The highest BCUT2D eigenvalue weighted by Gasteiger charge is 2.29. The van der Waals surface area contributed by atoms with E-state index in [9.17, 15) is 19.5 Å². The molecule has 1 aromatic heterocycles. The van der Waals surface area contributed by atoms with E-state index in [-0.39, 0.29) is 11.5 Å². The molecule has 122 valence electrons. The number of nitrogens with zero attached hydrogens (tertiary/aromatic N) is 1. The van der Waals surface area contributed by atoms with Crippen LogP contribution < -0.4 is 10.9 Å². The monoisotopic (exact) mass is 308 g/mol. The molecule has 0 bridgehead atoms. The molecule has 3 atom stereocenters. The first-order valence-electron chi connectivity index (χ1n) is 7.54. The lowest BCUT2D eigenvalue weighted by atomic mass is 9.98. The summed E-state index contributed by atoms with van der Waals surface area (Å²) < 4.78 is 1.36. The van der Waals surface area contributed by atoms with Crippen molar-refractivity contribution in [2.45, 2.75) is 52.6 Å². The highest BCUT2D eigenvalue weighted by molar-refractivity contribution is 5.86. The first-order chi connectivity index (χ1) is 10.3. The van der Waals surface area contributed by atoms with Crippen LogP contribution in [0, 0.1) is 12.8 Å². The number of carbonyl (C=O) groups excluding carboxylic acids is 1. The van der Waals surface area contributed by atoms with Crippen molar-refractivity contribution in [3.63, 3.8) is 0 Å². The Labute approximate surface area is 130 Å². The van der Waals surface area contributed by atoms with Crippen LogP contribution in [-0.4, -0.2) is 27.6 Å². The van der Waals surface area contributed by atoms with Gasteiger partial charge in [-0.1, -0.05) is 33.3 Å². The molecule has 0 saturated carbocycles. The van der Waals surface area contributed by atoms with Gasteiger partial charge in [0.2, 0.25) is 5.91 Å². The van der Waals surface area contributed by atoms with Crippen molar-refractivity contribution in [1.82, 2.24) is 9.88 Å². The van der Waals surface area contributed by atoms with Gasteiger partial charge in [-0.3, -0.25) is 9.59 Å². The SMILES string of the molecule is CCC(C)C(NC(=O)C(CC)n1cccc(C)c1=O)C(=O)O. The molecule has 6 nitrogen and oxygen atoms in total. The van der Waals surface area contributed by atoms with Gasteiger partial charge in [-0.05, 0) is 25.3 Å². The van der Waals surface area contributed by atoms with Gasteiger partial charge in [-0.2, -0.15) is 0 Å². The van der Waals surface area contributed by atoms with Crippen LogP contribution in [-0.2, 0) is 9.59 Å². The molecular formula is C16H24N2O4. The molecule has 6 heteroatoms. The van der Waals surface area contributed by atoms with Crippen molar-refractivity contribution in [2.75, 3.05) is 0 Å². The van der Waals surface area contributed by atoms with E-state index < -0.39 is 24.0 Å². The van der Waals surface area contributed by atoms with E-state index in [1.165, 1.54) is 4.57 Å². The van der Waals surface area contributed by atoms with Crippen molar-refractivity contribution < 1.29 is 14.7 Å². The Hall–Kier alpha value is -2.11. The minimum atomic E-state index is -1.06.